The Morgan fingerprint density at radius 2 is 2.22 bits per heavy atom. The van der Waals surface area contributed by atoms with Crippen molar-refractivity contribution in [2.24, 2.45) is 5.92 Å². The normalized spacial score (nSPS) is 24.3. The van der Waals surface area contributed by atoms with E-state index in [1.54, 1.807) is 12.3 Å². The van der Waals surface area contributed by atoms with E-state index in [0.29, 0.717) is 11.3 Å². The molecule has 0 bridgehead atoms. The molecule has 1 saturated heterocycles. The second kappa shape index (κ2) is 6.86. The summed E-state index contributed by atoms with van der Waals surface area (Å²) in [5, 5.41) is 13.4. The van der Waals surface area contributed by atoms with Gasteiger partial charge < -0.3 is 20.1 Å². The Bertz CT molecular complexity index is 614. The first-order valence-electron chi connectivity index (χ1n) is 6.85. The van der Waals surface area contributed by atoms with Gasteiger partial charge in [-0.3, -0.25) is 14.4 Å². The summed E-state index contributed by atoms with van der Waals surface area (Å²) in [6.45, 7) is 3.25. The van der Waals surface area contributed by atoms with Crippen molar-refractivity contribution in [2.45, 2.75) is 32.4 Å². The lowest BCUT2D eigenvalue weighted by molar-refractivity contribution is -0.165. The maximum atomic E-state index is 12.2. The first-order valence-corrected chi connectivity index (χ1v) is 7.73. The number of fused-ring (bicyclic) bond motifs is 1. The number of ether oxygens (including phenoxy) is 1. The van der Waals surface area contributed by atoms with Gasteiger partial charge in [0.05, 0.1) is 12.0 Å². The predicted molar refractivity (Wildman–Crippen MR) is 80.6 cm³/mol. The van der Waals surface area contributed by atoms with E-state index >= 15 is 0 Å². The summed E-state index contributed by atoms with van der Waals surface area (Å²) >= 11 is 1.14. The smallest absolute Gasteiger partial charge is 0.353 e. The summed E-state index contributed by atoms with van der Waals surface area (Å²) in [5.74, 6) is -2.31. The Kier molecular flexibility index (Phi) is 5.09. The molecule has 0 aromatic rings. The van der Waals surface area contributed by atoms with Gasteiger partial charge in [-0.15, -0.1) is 0 Å². The van der Waals surface area contributed by atoms with E-state index in [2.05, 4.69) is 5.32 Å². The minimum absolute atomic E-state index is 0.0490. The lowest BCUT2D eigenvalue weighted by Crippen LogP contribution is -2.62. The molecular formula is C14H16N2O6S. The number of hydrogen-bond acceptors (Lipinski definition) is 6. The third-order valence-corrected chi connectivity index (χ3v) is 4.63. The van der Waals surface area contributed by atoms with Gasteiger partial charge in [0.25, 0.3) is 6.47 Å². The second-order valence-corrected chi connectivity index (χ2v) is 6.14. The van der Waals surface area contributed by atoms with Gasteiger partial charge in [-0.1, -0.05) is 11.8 Å². The maximum Gasteiger partial charge on any atom is 0.353 e. The Labute approximate surface area is 136 Å². The van der Waals surface area contributed by atoms with Crippen molar-refractivity contribution in [3.8, 4) is 0 Å². The molecule has 3 atom stereocenters. The Morgan fingerprint density at radius 1 is 1.52 bits per heavy atom. The average molecular weight is 340 g/mol. The minimum Gasteiger partial charge on any atom is -0.477 e. The van der Waals surface area contributed by atoms with Gasteiger partial charge in [-0.25, -0.2) is 4.79 Å². The van der Waals surface area contributed by atoms with Crippen LogP contribution in [0.15, 0.2) is 22.2 Å². The van der Waals surface area contributed by atoms with Crippen LogP contribution in [0.3, 0.4) is 0 Å². The largest absolute Gasteiger partial charge is 0.477 e. The Morgan fingerprint density at radius 3 is 2.78 bits per heavy atom. The average Bonchev–Trinajstić information content (AvgIpc) is 2.78. The summed E-state index contributed by atoms with van der Waals surface area (Å²) in [6.07, 6.45) is 1.18. The molecule has 1 fully saturated rings. The van der Waals surface area contributed by atoms with Crippen LogP contribution in [0.2, 0.25) is 0 Å². The summed E-state index contributed by atoms with van der Waals surface area (Å²) in [7, 11) is 0. The van der Waals surface area contributed by atoms with Crippen molar-refractivity contribution in [3.05, 3.63) is 22.2 Å². The van der Waals surface area contributed by atoms with Crippen LogP contribution in [0.25, 0.3) is 0 Å². The van der Waals surface area contributed by atoms with Crippen LogP contribution in [0.5, 0.6) is 0 Å². The highest BCUT2D eigenvalue weighted by Crippen LogP contribution is 2.47. The number of thioether (sulfide) groups is 1. The van der Waals surface area contributed by atoms with Gasteiger partial charge in [-0.2, -0.15) is 0 Å². The number of carbonyl (C=O) groups excluding carboxylic acids is 3. The van der Waals surface area contributed by atoms with E-state index in [9.17, 15) is 24.3 Å². The van der Waals surface area contributed by atoms with Gasteiger partial charge in [0.2, 0.25) is 11.8 Å². The second-order valence-electron chi connectivity index (χ2n) is 5.14. The van der Waals surface area contributed by atoms with Gasteiger partial charge in [-0.05, 0) is 12.3 Å². The summed E-state index contributed by atoms with van der Waals surface area (Å²) in [5.41, 5.74) is -0.0490. The van der Waals surface area contributed by atoms with Crippen LogP contribution < -0.4 is 5.32 Å². The van der Waals surface area contributed by atoms with Gasteiger partial charge in [0.15, 0.2) is 0 Å². The topological polar surface area (TPSA) is 113 Å². The van der Waals surface area contributed by atoms with E-state index in [1.165, 1.54) is 18.0 Å². The van der Waals surface area contributed by atoms with E-state index < -0.39 is 18.0 Å². The zero-order chi connectivity index (χ0) is 17.1. The summed E-state index contributed by atoms with van der Waals surface area (Å²) in [6, 6.07) is -0.319. The van der Waals surface area contributed by atoms with Crippen LogP contribution >= 0.6 is 11.8 Å². The fourth-order valence-corrected chi connectivity index (χ4v) is 3.63. The number of rotatable bonds is 7. The lowest BCUT2D eigenvalue weighted by atomic mass is 9.83. The van der Waals surface area contributed by atoms with Crippen molar-refractivity contribution < 1.29 is 29.0 Å². The summed E-state index contributed by atoms with van der Waals surface area (Å²) in [4.78, 5) is 46.6. The number of β-lactam (4-membered cyclic amide) rings is 1. The minimum atomic E-state index is -1.18. The molecular weight excluding hydrogens is 324 g/mol. The monoisotopic (exact) mass is 340 g/mol. The highest BCUT2D eigenvalue weighted by molar-refractivity contribution is 8.05. The number of nitrogens with zero attached hydrogens (tertiary/aromatic N) is 1. The molecule has 124 valence electrons. The zero-order valence-electron chi connectivity index (χ0n) is 12.5. The molecule has 9 heteroatoms. The lowest BCUT2D eigenvalue weighted by Gasteiger charge is -2.45. The molecule has 2 heterocycles. The number of amides is 2. The van der Waals surface area contributed by atoms with E-state index in [0.717, 1.165) is 11.8 Å². The van der Waals surface area contributed by atoms with Gasteiger partial charge in [0.1, 0.15) is 11.8 Å². The molecule has 0 saturated carbocycles. The molecule has 0 aliphatic carbocycles. The highest BCUT2D eigenvalue weighted by Gasteiger charge is 2.57. The molecule has 0 spiro atoms. The maximum absolute atomic E-state index is 12.2. The summed E-state index contributed by atoms with van der Waals surface area (Å²) < 4.78 is 4.82. The SMILES string of the molecule is CC(=O)NC=CSC1=C(C(=O)O)N2C(=O)[C@H]([C@@H](C)OC=O)C2C1. The number of aliphatic carboxylic acids is 1. The molecule has 23 heavy (non-hydrogen) atoms. The third-order valence-electron chi connectivity index (χ3n) is 3.71. The van der Waals surface area contributed by atoms with Crippen molar-refractivity contribution in [2.75, 3.05) is 0 Å². The number of carboxylic acids is 1. The molecule has 2 N–H and O–H groups in total. The molecule has 0 radical (unpaired) electrons. The van der Waals surface area contributed by atoms with Gasteiger partial charge >= 0.3 is 5.97 Å². The Hall–Kier alpha value is -2.29. The predicted octanol–water partition coefficient (Wildman–Crippen LogP) is 0.415. The van der Waals surface area contributed by atoms with Crippen molar-refractivity contribution in [1.29, 1.82) is 0 Å². The molecule has 2 aliphatic rings. The number of hydrogen-bond donors (Lipinski definition) is 2. The fourth-order valence-electron chi connectivity index (χ4n) is 2.76. The first-order chi connectivity index (χ1) is 10.9. The third kappa shape index (κ3) is 3.24. The van der Waals surface area contributed by atoms with Crippen molar-refractivity contribution >= 4 is 36.0 Å². The number of nitrogens with one attached hydrogen (secondary N) is 1. The van der Waals surface area contributed by atoms with Crippen LogP contribution in [-0.4, -0.2) is 46.4 Å². The van der Waals surface area contributed by atoms with Crippen molar-refractivity contribution in [1.82, 2.24) is 10.2 Å². The molecule has 2 rings (SSSR count). The number of carbonyl (C=O) groups is 4. The van der Waals surface area contributed by atoms with Crippen LogP contribution in [0.1, 0.15) is 20.3 Å². The standard InChI is InChI=1S/C14H16N2O6S/c1-7(22-6-17)11-9-5-10(23-4-3-15-8(2)18)12(14(20)21)16(9)13(11)19/h3-4,6-7,9,11H,5H2,1-2H3,(H,15,18)(H,20,21)/t7-,9?,11-/m1/s1. The molecule has 1 unspecified atom stereocenters. The highest BCUT2D eigenvalue weighted by atomic mass is 32.2. The Balaban J connectivity index is 2.12. The van der Waals surface area contributed by atoms with Crippen LogP contribution in [-0.2, 0) is 23.9 Å². The molecule has 0 aromatic heterocycles. The fraction of sp³-hybridized carbons (Fsp3) is 0.429. The van der Waals surface area contributed by atoms with Crippen LogP contribution in [0.4, 0.5) is 0 Å². The van der Waals surface area contributed by atoms with E-state index in [-0.39, 0.29) is 30.0 Å². The zero-order valence-corrected chi connectivity index (χ0v) is 13.3. The van der Waals surface area contributed by atoms with Gasteiger partial charge in [0, 0.05) is 24.4 Å². The molecule has 8 nitrogen and oxygen atoms in total. The molecule has 2 aliphatic heterocycles. The van der Waals surface area contributed by atoms with Crippen LogP contribution in [0, 0.1) is 5.92 Å². The van der Waals surface area contributed by atoms with Crippen molar-refractivity contribution in [3.63, 3.8) is 0 Å². The van der Waals surface area contributed by atoms with E-state index in [4.69, 9.17) is 4.74 Å². The molecule has 2 amide bonds. The first kappa shape index (κ1) is 17.1. The van der Waals surface area contributed by atoms with E-state index in [1.807, 2.05) is 0 Å². The molecule has 0 aromatic carbocycles. The quantitative estimate of drug-likeness (QED) is 0.510. The number of carboxylic acid groups (broad SMARTS) is 1.